The monoisotopic (exact) mass is 641 g/mol. The summed E-state index contributed by atoms with van der Waals surface area (Å²) in [5.41, 5.74) is 10.7. The summed E-state index contributed by atoms with van der Waals surface area (Å²) in [5.74, 6) is 0.174. The van der Waals surface area contributed by atoms with Crippen LogP contribution in [0.1, 0.15) is 82.8 Å². The first kappa shape index (κ1) is 41.6. The van der Waals surface area contributed by atoms with Gasteiger partial charge in [-0.05, 0) is 76.4 Å². The third kappa shape index (κ3) is 17.6. The Bertz CT molecular complexity index is 1240. The van der Waals surface area contributed by atoms with Crippen molar-refractivity contribution >= 4 is 34.9 Å². The van der Waals surface area contributed by atoms with Gasteiger partial charge in [-0.2, -0.15) is 0 Å². The first-order chi connectivity index (χ1) is 21.4. The quantitative estimate of drug-likeness (QED) is 0.284. The summed E-state index contributed by atoms with van der Waals surface area (Å²) in [7, 11) is 0. The highest BCUT2D eigenvalue weighted by Gasteiger charge is 2.18. The Morgan fingerprint density at radius 3 is 1.91 bits per heavy atom. The molecule has 1 atom stereocenters. The number of piperazine rings is 1. The van der Waals surface area contributed by atoms with Crippen molar-refractivity contribution in [3.63, 3.8) is 0 Å². The van der Waals surface area contributed by atoms with E-state index in [0.29, 0.717) is 5.13 Å². The molecule has 0 radical (unpaired) electrons. The second-order valence-electron chi connectivity index (χ2n) is 11.1. The molecule has 0 bridgehead atoms. The fourth-order valence-electron chi connectivity index (χ4n) is 4.34. The maximum Gasteiger partial charge on any atom is 0.251 e. The minimum absolute atomic E-state index is 0. The second kappa shape index (κ2) is 23.9. The van der Waals surface area contributed by atoms with Crippen LogP contribution in [-0.2, 0) is 16.0 Å². The number of anilines is 1. The zero-order valence-electron chi connectivity index (χ0n) is 29.1. The number of Topliss-reactive ketones (excluding diaryl/α,β-unsaturated/α-hetero) is 1. The molecule has 2 aromatic carbocycles. The number of amides is 1. The Morgan fingerprint density at radius 2 is 1.47 bits per heavy atom. The molecule has 3 aromatic rings. The van der Waals surface area contributed by atoms with Crippen LogP contribution in [0.3, 0.4) is 0 Å². The number of nitrogens with two attached hydrogens (primary N) is 1. The standard InChI is InChI=1S/C24H33N3O.C5H8N2S.C3H6O.C3H8.CH2O.H2/c1-4-20-8-6-9-21(16-20)22-10-7-11-23(17-22)24(28)25-19(3)18-27-14-12-26(5-2)13-15-27;1-3-4(2)8-5(6)7-3;1-3(2)4;1-3-2;1-2;/h6-11,16-17,19H,4-5,12-15,18H2,1-3H3,(H,25,28);1-2H3,(H2,6,7);1-2H3;3H2,1-2H3;1H2;1H/t19-;;;;;/m0...../s1. The molecular formula is C36H59N5O3S. The van der Waals surface area contributed by atoms with E-state index in [0.717, 1.165) is 68.1 Å². The minimum atomic E-state index is 0. The van der Waals surface area contributed by atoms with E-state index in [9.17, 15) is 9.59 Å². The van der Waals surface area contributed by atoms with Crippen molar-refractivity contribution in [2.24, 2.45) is 0 Å². The van der Waals surface area contributed by atoms with Gasteiger partial charge >= 0.3 is 0 Å². The summed E-state index contributed by atoms with van der Waals surface area (Å²) < 4.78 is 0. The normalized spacial score (nSPS) is 13.2. The Hall–Kier alpha value is -3.40. The highest BCUT2D eigenvalue weighted by Crippen LogP contribution is 2.22. The number of carbonyl (C=O) groups is 3. The van der Waals surface area contributed by atoms with Crippen LogP contribution in [0.25, 0.3) is 11.1 Å². The summed E-state index contributed by atoms with van der Waals surface area (Å²) in [4.78, 5) is 40.3. The fourth-order valence-corrected chi connectivity index (χ4v) is 5.03. The summed E-state index contributed by atoms with van der Waals surface area (Å²) in [6.45, 7) is 26.2. The zero-order chi connectivity index (χ0) is 34.4. The van der Waals surface area contributed by atoms with E-state index in [1.807, 2.05) is 38.8 Å². The number of benzene rings is 2. The molecule has 4 rings (SSSR count). The molecule has 0 unspecified atom stereocenters. The largest absolute Gasteiger partial charge is 0.375 e. The molecule has 1 saturated heterocycles. The molecule has 45 heavy (non-hydrogen) atoms. The zero-order valence-corrected chi connectivity index (χ0v) is 29.9. The van der Waals surface area contributed by atoms with E-state index in [2.05, 4.69) is 85.1 Å². The van der Waals surface area contributed by atoms with E-state index >= 15 is 0 Å². The molecule has 9 heteroatoms. The van der Waals surface area contributed by atoms with E-state index < -0.39 is 0 Å². The lowest BCUT2D eigenvalue weighted by atomic mass is 10.00. The van der Waals surface area contributed by atoms with Gasteiger partial charge in [0.2, 0.25) is 0 Å². The number of aryl methyl sites for hydroxylation is 3. The van der Waals surface area contributed by atoms with Crippen molar-refractivity contribution < 1.29 is 15.8 Å². The Kier molecular flexibility index (Phi) is 22.1. The maximum atomic E-state index is 12.8. The lowest BCUT2D eigenvalue weighted by Crippen LogP contribution is -2.50. The van der Waals surface area contributed by atoms with E-state index in [-0.39, 0.29) is 19.2 Å². The van der Waals surface area contributed by atoms with Crippen LogP contribution < -0.4 is 11.1 Å². The second-order valence-corrected chi connectivity index (χ2v) is 12.3. The van der Waals surface area contributed by atoms with Crippen molar-refractivity contribution in [2.75, 3.05) is 45.0 Å². The average molecular weight is 642 g/mol. The van der Waals surface area contributed by atoms with Gasteiger partial charge in [0.25, 0.3) is 5.91 Å². The summed E-state index contributed by atoms with van der Waals surface area (Å²) in [6.07, 6.45) is 2.26. The van der Waals surface area contributed by atoms with Crippen LogP contribution in [0.4, 0.5) is 5.13 Å². The lowest BCUT2D eigenvalue weighted by Gasteiger charge is -2.35. The molecule has 1 fully saturated rings. The minimum Gasteiger partial charge on any atom is -0.375 e. The number of carbonyl (C=O) groups excluding carboxylic acids is 3. The Labute approximate surface area is 277 Å². The number of hydrogen-bond donors (Lipinski definition) is 2. The van der Waals surface area contributed by atoms with Crippen LogP contribution in [0.5, 0.6) is 0 Å². The van der Waals surface area contributed by atoms with Gasteiger partial charge in [0.15, 0.2) is 5.13 Å². The highest BCUT2D eigenvalue weighted by molar-refractivity contribution is 7.15. The maximum absolute atomic E-state index is 12.8. The number of hydrogen-bond acceptors (Lipinski definition) is 8. The van der Waals surface area contributed by atoms with Crippen LogP contribution in [0, 0.1) is 13.8 Å². The summed E-state index contributed by atoms with van der Waals surface area (Å²) in [6, 6.07) is 16.6. The van der Waals surface area contributed by atoms with E-state index in [1.54, 1.807) is 0 Å². The fraction of sp³-hybridized carbons (Fsp3) is 0.500. The smallest absolute Gasteiger partial charge is 0.251 e. The molecule has 252 valence electrons. The highest BCUT2D eigenvalue weighted by atomic mass is 32.1. The van der Waals surface area contributed by atoms with Gasteiger partial charge in [0, 0.05) is 50.6 Å². The van der Waals surface area contributed by atoms with Gasteiger partial charge in [-0.15, -0.1) is 11.3 Å². The number of aromatic nitrogens is 1. The van der Waals surface area contributed by atoms with Crippen LogP contribution in [-0.4, -0.2) is 78.6 Å². The molecule has 8 nitrogen and oxygen atoms in total. The van der Waals surface area contributed by atoms with Crippen LogP contribution >= 0.6 is 11.3 Å². The molecule has 0 aliphatic carbocycles. The molecule has 3 N–H and O–H groups in total. The number of nitrogens with zero attached hydrogens (tertiary/aromatic N) is 3. The molecular weight excluding hydrogens is 582 g/mol. The first-order valence-corrected chi connectivity index (χ1v) is 16.7. The summed E-state index contributed by atoms with van der Waals surface area (Å²) >= 11 is 1.54. The Balaban J connectivity index is 0. The number of nitrogens with one attached hydrogen (secondary N) is 1. The number of thiazole rings is 1. The van der Waals surface area contributed by atoms with E-state index in [1.165, 1.54) is 42.0 Å². The van der Waals surface area contributed by atoms with E-state index in [4.69, 9.17) is 10.5 Å². The number of ketones is 1. The SMILES string of the molecule is C=O.CC(C)=O.CCC.CCc1cccc(-c2cccc(C(=O)N[C@@H](C)CN3CCN(CC)CC3)c2)c1.Cc1nc(N)sc1C.[HH]. The number of nitrogen functional groups attached to an aromatic ring is 1. The molecule has 1 aliphatic rings. The van der Waals surface area contributed by atoms with Crippen molar-refractivity contribution in [1.29, 1.82) is 0 Å². The van der Waals surface area contributed by atoms with Gasteiger partial charge in [0.1, 0.15) is 12.6 Å². The predicted octanol–water partition coefficient (Wildman–Crippen LogP) is 7.09. The molecule has 1 amide bonds. The van der Waals surface area contributed by atoms with Gasteiger partial charge < -0.3 is 25.5 Å². The van der Waals surface area contributed by atoms with Crippen LogP contribution in [0.2, 0.25) is 0 Å². The Morgan fingerprint density at radius 1 is 0.956 bits per heavy atom. The third-order valence-electron chi connectivity index (χ3n) is 6.66. The average Bonchev–Trinajstić information content (AvgIpc) is 3.32. The predicted molar refractivity (Wildman–Crippen MR) is 194 cm³/mol. The first-order valence-electron chi connectivity index (χ1n) is 15.8. The molecule has 0 spiro atoms. The molecule has 2 heterocycles. The molecule has 1 aliphatic heterocycles. The topological polar surface area (TPSA) is 109 Å². The van der Waals surface area contributed by atoms with Crippen molar-refractivity contribution in [3.8, 4) is 11.1 Å². The number of likely N-dealkylation sites (N-methyl/N-ethyl adjacent to an activating group) is 1. The lowest BCUT2D eigenvalue weighted by molar-refractivity contribution is -0.115. The van der Waals surface area contributed by atoms with Gasteiger partial charge in [0.05, 0.1) is 5.69 Å². The van der Waals surface area contributed by atoms with Crippen molar-refractivity contribution in [2.45, 2.75) is 81.2 Å². The molecule has 0 saturated carbocycles. The van der Waals surface area contributed by atoms with Gasteiger partial charge in [-0.25, -0.2) is 4.98 Å². The van der Waals surface area contributed by atoms with Gasteiger partial charge in [-0.1, -0.05) is 70.5 Å². The third-order valence-corrected chi connectivity index (χ3v) is 7.56. The van der Waals surface area contributed by atoms with Crippen LogP contribution in [0.15, 0.2) is 48.5 Å². The molecule has 1 aromatic heterocycles. The van der Waals surface area contributed by atoms with Crippen molar-refractivity contribution in [1.82, 2.24) is 20.1 Å². The van der Waals surface area contributed by atoms with Gasteiger partial charge in [-0.3, -0.25) is 9.69 Å². The summed E-state index contributed by atoms with van der Waals surface area (Å²) in [5, 5.41) is 3.84. The van der Waals surface area contributed by atoms with Crippen molar-refractivity contribution in [3.05, 3.63) is 70.2 Å². The number of rotatable bonds is 7.